The number of amides is 1. The van der Waals surface area contributed by atoms with Crippen molar-refractivity contribution >= 4 is 5.91 Å². The van der Waals surface area contributed by atoms with Gasteiger partial charge in [0.2, 0.25) is 5.91 Å². The average Bonchev–Trinajstić information content (AvgIpc) is 2.14. The van der Waals surface area contributed by atoms with Crippen molar-refractivity contribution in [2.24, 2.45) is 0 Å². The molecule has 1 N–H and O–H groups in total. The van der Waals surface area contributed by atoms with Crippen LogP contribution in [0.5, 0.6) is 0 Å². The number of nitrogens with zero attached hydrogens (tertiary/aromatic N) is 1. The molecule has 2 fully saturated rings. The van der Waals surface area contributed by atoms with E-state index in [9.17, 15) is 4.79 Å². The minimum absolute atomic E-state index is 0.0208. The minimum Gasteiger partial charge on any atom is -0.376 e. The SMILES string of the molecule is COC1(CN2CCNCC2=O)CCC1. The molecule has 80 valence electrons. The molecule has 1 aliphatic carbocycles. The topological polar surface area (TPSA) is 41.6 Å². The molecule has 0 radical (unpaired) electrons. The molecule has 4 heteroatoms. The summed E-state index contributed by atoms with van der Waals surface area (Å²) in [7, 11) is 1.76. The Morgan fingerprint density at radius 1 is 1.57 bits per heavy atom. The first-order valence-corrected chi connectivity index (χ1v) is 5.29. The lowest BCUT2D eigenvalue weighted by atomic mass is 9.79. The number of hydrogen-bond donors (Lipinski definition) is 1. The Hall–Kier alpha value is -0.610. The van der Waals surface area contributed by atoms with Crippen LogP contribution in [0.4, 0.5) is 0 Å². The molecule has 1 saturated carbocycles. The van der Waals surface area contributed by atoms with E-state index in [0.717, 1.165) is 32.5 Å². The zero-order valence-electron chi connectivity index (χ0n) is 8.71. The fourth-order valence-electron chi connectivity index (χ4n) is 2.16. The Kier molecular flexibility index (Phi) is 2.74. The van der Waals surface area contributed by atoms with E-state index in [1.807, 2.05) is 4.90 Å². The number of ether oxygens (including phenoxy) is 1. The van der Waals surface area contributed by atoms with E-state index in [1.165, 1.54) is 6.42 Å². The Morgan fingerprint density at radius 2 is 2.36 bits per heavy atom. The lowest BCUT2D eigenvalue weighted by Crippen LogP contribution is -2.56. The van der Waals surface area contributed by atoms with E-state index >= 15 is 0 Å². The molecule has 4 nitrogen and oxygen atoms in total. The third-order valence-corrected chi connectivity index (χ3v) is 3.36. The zero-order chi connectivity index (χ0) is 10.0. The molecule has 14 heavy (non-hydrogen) atoms. The second-order valence-corrected chi connectivity index (χ2v) is 4.23. The van der Waals surface area contributed by atoms with E-state index in [1.54, 1.807) is 7.11 Å². The summed E-state index contributed by atoms with van der Waals surface area (Å²) in [5.74, 6) is 0.208. The van der Waals surface area contributed by atoms with Crippen LogP contribution in [-0.2, 0) is 9.53 Å². The maximum Gasteiger partial charge on any atom is 0.236 e. The van der Waals surface area contributed by atoms with Crippen LogP contribution in [0.25, 0.3) is 0 Å². The Balaban J connectivity index is 1.91. The first-order chi connectivity index (χ1) is 6.76. The minimum atomic E-state index is -0.0208. The summed E-state index contributed by atoms with van der Waals surface area (Å²) >= 11 is 0. The largest absolute Gasteiger partial charge is 0.376 e. The van der Waals surface area contributed by atoms with Gasteiger partial charge < -0.3 is 15.0 Å². The molecule has 1 aliphatic heterocycles. The highest BCUT2D eigenvalue weighted by molar-refractivity contribution is 5.79. The van der Waals surface area contributed by atoms with Gasteiger partial charge in [-0.3, -0.25) is 4.79 Å². The summed E-state index contributed by atoms with van der Waals surface area (Å²) < 4.78 is 5.51. The first-order valence-electron chi connectivity index (χ1n) is 5.29. The number of rotatable bonds is 3. The highest BCUT2D eigenvalue weighted by Gasteiger charge is 2.39. The van der Waals surface area contributed by atoms with Crippen LogP contribution in [0.3, 0.4) is 0 Å². The van der Waals surface area contributed by atoms with Crippen molar-refractivity contribution in [2.45, 2.75) is 24.9 Å². The molecule has 0 aromatic rings. The van der Waals surface area contributed by atoms with Crippen LogP contribution in [0.1, 0.15) is 19.3 Å². The molecule has 0 aromatic heterocycles. The average molecular weight is 198 g/mol. The summed E-state index contributed by atoms with van der Waals surface area (Å²) in [5, 5.41) is 3.07. The predicted octanol–water partition coefficient (Wildman–Crippen LogP) is -0.0127. The van der Waals surface area contributed by atoms with Gasteiger partial charge in [-0.15, -0.1) is 0 Å². The fourth-order valence-corrected chi connectivity index (χ4v) is 2.16. The van der Waals surface area contributed by atoms with Crippen LogP contribution in [0, 0.1) is 0 Å². The van der Waals surface area contributed by atoms with E-state index in [0.29, 0.717) is 6.54 Å². The van der Waals surface area contributed by atoms with E-state index < -0.39 is 0 Å². The second-order valence-electron chi connectivity index (χ2n) is 4.23. The van der Waals surface area contributed by atoms with Gasteiger partial charge >= 0.3 is 0 Å². The molecule has 1 amide bonds. The lowest BCUT2D eigenvalue weighted by molar-refractivity contribution is -0.142. The van der Waals surface area contributed by atoms with Gasteiger partial charge in [0.15, 0.2) is 0 Å². The standard InChI is InChI=1S/C10H18N2O2/c1-14-10(3-2-4-10)8-12-6-5-11-7-9(12)13/h11H,2-8H2,1H3. The van der Waals surface area contributed by atoms with Crippen molar-refractivity contribution in [3.05, 3.63) is 0 Å². The molecule has 2 rings (SSSR count). The monoisotopic (exact) mass is 198 g/mol. The number of carbonyl (C=O) groups is 1. The van der Waals surface area contributed by atoms with Crippen molar-refractivity contribution in [3.8, 4) is 0 Å². The summed E-state index contributed by atoms with van der Waals surface area (Å²) in [6.45, 7) is 3.00. The molecular formula is C10H18N2O2. The summed E-state index contributed by atoms with van der Waals surface area (Å²) in [5.41, 5.74) is -0.0208. The molecule has 0 spiro atoms. The molecule has 0 unspecified atom stereocenters. The van der Waals surface area contributed by atoms with Gasteiger partial charge in [0, 0.05) is 26.7 Å². The van der Waals surface area contributed by atoms with Crippen molar-refractivity contribution in [1.29, 1.82) is 0 Å². The van der Waals surface area contributed by atoms with Crippen LogP contribution in [-0.4, -0.2) is 49.7 Å². The maximum atomic E-state index is 11.5. The number of piperazine rings is 1. The maximum absolute atomic E-state index is 11.5. The first kappa shape index (κ1) is 9.93. The number of carbonyl (C=O) groups excluding carboxylic acids is 1. The van der Waals surface area contributed by atoms with Crippen molar-refractivity contribution < 1.29 is 9.53 Å². The summed E-state index contributed by atoms with van der Waals surface area (Å²) in [6, 6.07) is 0. The molecule has 1 saturated heterocycles. The zero-order valence-corrected chi connectivity index (χ0v) is 8.71. The molecule has 0 bridgehead atoms. The quantitative estimate of drug-likeness (QED) is 0.693. The highest BCUT2D eigenvalue weighted by Crippen LogP contribution is 2.35. The van der Waals surface area contributed by atoms with E-state index in [-0.39, 0.29) is 11.5 Å². The van der Waals surface area contributed by atoms with Gasteiger partial charge in [0.1, 0.15) is 0 Å². The van der Waals surface area contributed by atoms with Gasteiger partial charge in [-0.05, 0) is 19.3 Å². The third kappa shape index (κ3) is 1.77. The molecule has 0 atom stereocenters. The lowest BCUT2D eigenvalue weighted by Gasteiger charge is -2.44. The second kappa shape index (κ2) is 3.87. The van der Waals surface area contributed by atoms with Crippen LogP contribution in [0.2, 0.25) is 0 Å². The Labute approximate surface area is 84.6 Å². The number of hydrogen-bond acceptors (Lipinski definition) is 3. The van der Waals surface area contributed by atoms with E-state index in [4.69, 9.17) is 4.74 Å². The smallest absolute Gasteiger partial charge is 0.236 e. The van der Waals surface area contributed by atoms with Gasteiger partial charge in [0.25, 0.3) is 0 Å². The highest BCUT2D eigenvalue weighted by atomic mass is 16.5. The van der Waals surface area contributed by atoms with Crippen molar-refractivity contribution in [3.63, 3.8) is 0 Å². The summed E-state index contributed by atoms with van der Waals surface area (Å²) in [4.78, 5) is 13.5. The molecular weight excluding hydrogens is 180 g/mol. The number of nitrogens with one attached hydrogen (secondary N) is 1. The van der Waals surface area contributed by atoms with Gasteiger partial charge in [-0.2, -0.15) is 0 Å². The Morgan fingerprint density at radius 3 is 2.86 bits per heavy atom. The van der Waals surface area contributed by atoms with Crippen LogP contribution < -0.4 is 5.32 Å². The molecule has 2 aliphatic rings. The summed E-state index contributed by atoms with van der Waals surface area (Å²) in [6.07, 6.45) is 3.43. The third-order valence-electron chi connectivity index (χ3n) is 3.36. The van der Waals surface area contributed by atoms with Crippen molar-refractivity contribution in [2.75, 3.05) is 33.3 Å². The van der Waals surface area contributed by atoms with Gasteiger partial charge in [0.05, 0.1) is 12.1 Å². The van der Waals surface area contributed by atoms with Gasteiger partial charge in [-0.25, -0.2) is 0 Å². The van der Waals surface area contributed by atoms with Crippen LogP contribution >= 0.6 is 0 Å². The molecule has 0 aromatic carbocycles. The van der Waals surface area contributed by atoms with Gasteiger partial charge in [-0.1, -0.05) is 0 Å². The molecule has 1 heterocycles. The van der Waals surface area contributed by atoms with Crippen LogP contribution in [0.15, 0.2) is 0 Å². The normalized spacial score (nSPS) is 26.1. The predicted molar refractivity (Wildman–Crippen MR) is 53.0 cm³/mol. The fraction of sp³-hybridized carbons (Fsp3) is 0.900. The van der Waals surface area contributed by atoms with E-state index in [2.05, 4.69) is 5.32 Å². The van der Waals surface area contributed by atoms with Crippen molar-refractivity contribution in [1.82, 2.24) is 10.2 Å². The Bertz CT molecular complexity index is 221. The number of methoxy groups -OCH3 is 1.